The largest absolute Gasteiger partial charge is 0.444 e. The summed E-state index contributed by atoms with van der Waals surface area (Å²) in [6.45, 7) is 7.68. The fourth-order valence-corrected chi connectivity index (χ4v) is 2.55. The Kier molecular flexibility index (Phi) is 5.76. The molecule has 2 heterocycles. The smallest absolute Gasteiger partial charge is 0.410 e. The highest BCUT2D eigenvalue weighted by atomic mass is 16.6. The van der Waals surface area contributed by atoms with Gasteiger partial charge in [-0.15, -0.1) is 0 Å². The van der Waals surface area contributed by atoms with E-state index in [1.54, 1.807) is 17.2 Å². The third-order valence-electron chi connectivity index (χ3n) is 3.66. The van der Waals surface area contributed by atoms with Crippen molar-refractivity contribution in [3.05, 3.63) is 18.1 Å². The molecule has 7 nitrogen and oxygen atoms in total. The lowest BCUT2D eigenvalue weighted by Crippen LogP contribution is -2.38. The van der Waals surface area contributed by atoms with E-state index < -0.39 is 5.60 Å². The van der Waals surface area contributed by atoms with Gasteiger partial charge in [0.1, 0.15) is 17.2 Å². The number of rotatable bonds is 3. The van der Waals surface area contributed by atoms with Gasteiger partial charge in [-0.1, -0.05) is 0 Å². The fraction of sp³-hybridized carbons (Fsp3) is 0.688. The normalized spacial score (nSPS) is 19.3. The number of hydrogen-bond donors (Lipinski definition) is 2. The second-order valence-electron chi connectivity index (χ2n) is 6.87. The SMILES string of the molecule is CC(C)(C)OC(=O)N1CCC[C@@H](NCc2nccc(N)n2)CC1. The van der Waals surface area contributed by atoms with Crippen molar-refractivity contribution < 1.29 is 9.53 Å². The van der Waals surface area contributed by atoms with Crippen molar-refractivity contribution in [2.24, 2.45) is 0 Å². The Balaban J connectivity index is 1.80. The van der Waals surface area contributed by atoms with E-state index in [2.05, 4.69) is 15.3 Å². The third kappa shape index (κ3) is 6.02. The van der Waals surface area contributed by atoms with Crippen LogP contribution >= 0.6 is 0 Å². The summed E-state index contributed by atoms with van der Waals surface area (Å²) in [4.78, 5) is 22.3. The van der Waals surface area contributed by atoms with Gasteiger partial charge in [-0.05, 0) is 46.1 Å². The number of aromatic nitrogens is 2. The van der Waals surface area contributed by atoms with Crippen molar-refractivity contribution >= 4 is 11.9 Å². The minimum Gasteiger partial charge on any atom is -0.444 e. The average molecular weight is 321 g/mol. The van der Waals surface area contributed by atoms with Crippen LogP contribution in [0.25, 0.3) is 0 Å². The average Bonchev–Trinajstić information content (AvgIpc) is 2.69. The van der Waals surface area contributed by atoms with Crippen molar-refractivity contribution in [1.82, 2.24) is 20.2 Å². The van der Waals surface area contributed by atoms with Gasteiger partial charge >= 0.3 is 6.09 Å². The first-order chi connectivity index (χ1) is 10.8. The molecule has 1 aromatic heterocycles. The fourth-order valence-electron chi connectivity index (χ4n) is 2.55. The number of anilines is 1. The van der Waals surface area contributed by atoms with Crippen LogP contribution in [0.4, 0.5) is 10.6 Å². The maximum Gasteiger partial charge on any atom is 0.410 e. The van der Waals surface area contributed by atoms with Crippen LogP contribution in [0.3, 0.4) is 0 Å². The molecule has 23 heavy (non-hydrogen) atoms. The lowest BCUT2D eigenvalue weighted by Gasteiger charge is -2.26. The number of hydrogen-bond acceptors (Lipinski definition) is 6. The van der Waals surface area contributed by atoms with Gasteiger partial charge in [0.25, 0.3) is 0 Å². The van der Waals surface area contributed by atoms with E-state index in [0.717, 1.165) is 25.8 Å². The lowest BCUT2D eigenvalue weighted by atomic mass is 10.1. The molecule has 0 saturated carbocycles. The Morgan fingerprint density at radius 3 is 2.91 bits per heavy atom. The molecule has 0 aromatic carbocycles. The minimum atomic E-state index is -0.453. The van der Waals surface area contributed by atoms with E-state index in [1.807, 2.05) is 20.8 Å². The minimum absolute atomic E-state index is 0.225. The molecule has 128 valence electrons. The second kappa shape index (κ2) is 7.59. The number of nitrogen functional groups attached to an aromatic ring is 1. The Bertz CT molecular complexity index is 529. The Morgan fingerprint density at radius 2 is 2.22 bits per heavy atom. The van der Waals surface area contributed by atoms with E-state index in [1.165, 1.54) is 0 Å². The molecule has 0 bridgehead atoms. The van der Waals surface area contributed by atoms with Gasteiger partial charge in [0.05, 0.1) is 6.54 Å². The number of ether oxygens (including phenoxy) is 1. The van der Waals surface area contributed by atoms with Crippen molar-refractivity contribution in [3.8, 4) is 0 Å². The second-order valence-corrected chi connectivity index (χ2v) is 6.87. The highest BCUT2D eigenvalue weighted by molar-refractivity contribution is 5.68. The van der Waals surface area contributed by atoms with Gasteiger partial charge in [-0.25, -0.2) is 14.8 Å². The molecule has 0 aliphatic carbocycles. The quantitative estimate of drug-likeness (QED) is 0.883. The number of carbonyl (C=O) groups excluding carboxylic acids is 1. The molecular formula is C16H27N5O2. The number of likely N-dealkylation sites (tertiary alicyclic amines) is 1. The lowest BCUT2D eigenvalue weighted by molar-refractivity contribution is 0.0256. The number of amides is 1. The molecule has 0 spiro atoms. The highest BCUT2D eigenvalue weighted by Gasteiger charge is 2.25. The van der Waals surface area contributed by atoms with E-state index in [9.17, 15) is 4.79 Å². The molecule has 3 N–H and O–H groups in total. The molecule has 1 aromatic rings. The molecule has 0 unspecified atom stereocenters. The zero-order valence-electron chi connectivity index (χ0n) is 14.2. The van der Waals surface area contributed by atoms with Crippen molar-refractivity contribution in [1.29, 1.82) is 0 Å². The predicted molar refractivity (Wildman–Crippen MR) is 88.7 cm³/mol. The predicted octanol–water partition coefficient (Wildman–Crippen LogP) is 1.94. The third-order valence-corrected chi connectivity index (χ3v) is 3.66. The van der Waals surface area contributed by atoms with Crippen LogP contribution < -0.4 is 11.1 Å². The molecule has 1 atom stereocenters. The zero-order chi connectivity index (χ0) is 16.9. The molecule has 2 rings (SSSR count). The molecule has 1 aliphatic heterocycles. The summed E-state index contributed by atoms with van der Waals surface area (Å²) >= 11 is 0. The molecular weight excluding hydrogens is 294 g/mol. The van der Waals surface area contributed by atoms with E-state index >= 15 is 0 Å². The molecule has 7 heteroatoms. The van der Waals surface area contributed by atoms with Gasteiger partial charge in [-0.3, -0.25) is 0 Å². The van der Waals surface area contributed by atoms with Crippen molar-refractivity contribution in [3.63, 3.8) is 0 Å². The number of nitrogens with zero attached hydrogens (tertiary/aromatic N) is 3. The molecule has 1 fully saturated rings. The molecule has 1 aliphatic rings. The van der Waals surface area contributed by atoms with Crippen molar-refractivity contribution in [2.45, 2.75) is 58.2 Å². The first kappa shape index (κ1) is 17.5. The van der Waals surface area contributed by atoms with Crippen LogP contribution in [0, 0.1) is 0 Å². The molecule has 1 saturated heterocycles. The van der Waals surface area contributed by atoms with Gasteiger partial charge in [0.15, 0.2) is 0 Å². The van der Waals surface area contributed by atoms with E-state index in [-0.39, 0.29) is 6.09 Å². The Hall–Kier alpha value is -1.89. The summed E-state index contributed by atoms with van der Waals surface area (Å²) in [7, 11) is 0. The van der Waals surface area contributed by atoms with E-state index in [0.29, 0.717) is 30.8 Å². The summed E-state index contributed by atoms with van der Waals surface area (Å²) in [5, 5.41) is 3.45. The first-order valence-corrected chi connectivity index (χ1v) is 8.12. The topological polar surface area (TPSA) is 93.4 Å². The summed E-state index contributed by atoms with van der Waals surface area (Å²) in [5.41, 5.74) is 5.20. The Labute approximate surface area is 137 Å². The van der Waals surface area contributed by atoms with Gasteiger partial charge < -0.3 is 20.7 Å². The highest BCUT2D eigenvalue weighted by Crippen LogP contribution is 2.15. The van der Waals surface area contributed by atoms with Crippen LogP contribution in [0.15, 0.2) is 12.3 Å². The van der Waals surface area contributed by atoms with Gasteiger partial charge in [-0.2, -0.15) is 0 Å². The maximum atomic E-state index is 12.1. The van der Waals surface area contributed by atoms with Crippen molar-refractivity contribution in [2.75, 3.05) is 18.8 Å². The van der Waals surface area contributed by atoms with E-state index in [4.69, 9.17) is 10.5 Å². The standard InChI is InChI=1S/C16H27N5O2/c1-16(2,3)23-15(22)21-9-4-5-12(7-10-21)19-11-14-18-8-6-13(17)20-14/h6,8,12,19H,4-5,7,9-11H2,1-3H3,(H2,17,18,20)/t12-/m1/s1. The van der Waals surface area contributed by atoms with Gasteiger partial charge in [0, 0.05) is 25.3 Å². The van der Waals surface area contributed by atoms with Crippen LogP contribution in [0.1, 0.15) is 45.9 Å². The van der Waals surface area contributed by atoms with Gasteiger partial charge in [0.2, 0.25) is 0 Å². The molecule has 1 amide bonds. The van der Waals surface area contributed by atoms with Crippen LogP contribution in [-0.4, -0.2) is 45.7 Å². The van der Waals surface area contributed by atoms with Crippen LogP contribution in [0.2, 0.25) is 0 Å². The summed E-state index contributed by atoms with van der Waals surface area (Å²) in [6, 6.07) is 2.01. The Morgan fingerprint density at radius 1 is 1.43 bits per heavy atom. The number of carbonyl (C=O) groups is 1. The summed E-state index contributed by atoms with van der Waals surface area (Å²) < 4.78 is 5.44. The van der Waals surface area contributed by atoms with Crippen LogP contribution in [0.5, 0.6) is 0 Å². The monoisotopic (exact) mass is 321 g/mol. The summed E-state index contributed by atoms with van der Waals surface area (Å²) in [5.74, 6) is 1.17. The molecule has 0 radical (unpaired) electrons. The first-order valence-electron chi connectivity index (χ1n) is 8.12. The maximum absolute atomic E-state index is 12.1. The zero-order valence-corrected chi connectivity index (χ0v) is 14.2. The van der Waals surface area contributed by atoms with Crippen LogP contribution in [-0.2, 0) is 11.3 Å². The number of nitrogens with two attached hydrogens (primary N) is 1. The number of nitrogens with one attached hydrogen (secondary N) is 1. The summed E-state index contributed by atoms with van der Waals surface area (Å²) in [6.07, 6.45) is 4.30.